The van der Waals surface area contributed by atoms with Gasteiger partial charge in [-0.1, -0.05) is 13.8 Å². The third-order valence-corrected chi connectivity index (χ3v) is 4.32. The van der Waals surface area contributed by atoms with Gasteiger partial charge in [-0.15, -0.1) is 0 Å². The first-order valence-corrected chi connectivity index (χ1v) is 7.22. The standard InChI is InChI=1S/C15H24N2O/c1-11-7-17(8-12(11)2)9-15-5-13(10-18-15)6-16-14-3-4-14/h5,10-12,14,16H,3-4,6-9H2,1-2H3. The Labute approximate surface area is 110 Å². The minimum atomic E-state index is 0.767. The molecule has 1 aliphatic carbocycles. The van der Waals surface area contributed by atoms with Crippen molar-refractivity contribution in [1.82, 2.24) is 10.2 Å². The number of rotatable bonds is 5. The monoisotopic (exact) mass is 248 g/mol. The van der Waals surface area contributed by atoms with Gasteiger partial charge >= 0.3 is 0 Å². The highest BCUT2D eigenvalue weighted by molar-refractivity contribution is 5.13. The number of likely N-dealkylation sites (tertiary alicyclic amines) is 1. The fourth-order valence-electron chi connectivity index (χ4n) is 2.75. The van der Waals surface area contributed by atoms with Crippen molar-refractivity contribution in [2.24, 2.45) is 11.8 Å². The summed E-state index contributed by atoms with van der Waals surface area (Å²) in [4.78, 5) is 2.51. The van der Waals surface area contributed by atoms with E-state index >= 15 is 0 Å². The number of furan rings is 1. The minimum absolute atomic E-state index is 0.767. The van der Waals surface area contributed by atoms with E-state index in [1.165, 1.54) is 31.5 Å². The van der Waals surface area contributed by atoms with Crippen LogP contribution in [0, 0.1) is 11.8 Å². The molecule has 1 saturated carbocycles. The van der Waals surface area contributed by atoms with Crippen LogP contribution in [0.3, 0.4) is 0 Å². The normalized spacial score (nSPS) is 29.0. The Morgan fingerprint density at radius 3 is 2.67 bits per heavy atom. The van der Waals surface area contributed by atoms with Crippen molar-refractivity contribution < 1.29 is 4.42 Å². The Hall–Kier alpha value is -0.800. The maximum Gasteiger partial charge on any atom is 0.118 e. The molecule has 1 saturated heterocycles. The highest BCUT2D eigenvalue weighted by Crippen LogP contribution is 2.24. The van der Waals surface area contributed by atoms with Gasteiger partial charge in [0.25, 0.3) is 0 Å². The van der Waals surface area contributed by atoms with Crippen molar-refractivity contribution in [3.63, 3.8) is 0 Å². The molecular formula is C15H24N2O. The van der Waals surface area contributed by atoms with Gasteiger partial charge in [-0.25, -0.2) is 0 Å². The van der Waals surface area contributed by atoms with Crippen molar-refractivity contribution in [3.8, 4) is 0 Å². The first-order chi connectivity index (χ1) is 8.70. The topological polar surface area (TPSA) is 28.4 Å². The van der Waals surface area contributed by atoms with E-state index in [0.29, 0.717) is 0 Å². The maximum atomic E-state index is 5.67. The predicted octanol–water partition coefficient (Wildman–Crippen LogP) is 2.62. The molecule has 0 amide bonds. The molecule has 1 N–H and O–H groups in total. The average Bonchev–Trinajstić information content (AvgIpc) is 2.98. The Balaban J connectivity index is 1.50. The summed E-state index contributed by atoms with van der Waals surface area (Å²) in [6, 6.07) is 2.98. The van der Waals surface area contributed by atoms with E-state index < -0.39 is 0 Å². The molecule has 100 valence electrons. The smallest absolute Gasteiger partial charge is 0.118 e. The quantitative estimate of drug-likeness (QED) is 0.868. The van der Waals surface area contributed by atoms with Gasteiger partial charge in [0, 0.05) is 31.2 Å². The molecule has 1 aliphatic heterocycles. The van der Waals surface area contributed by atoms with Gasteiger partial charge in [0.2, 0.25) is 0 Å². The SMILES string of the molecule is CC1CN(Cc2cc(CNC3CC3)co2)CC1C. The zero-order valence-electron chi connectivity index (χ0n) is 11.5. The van der Waals surface area contributed by atoms with Gasteiger partial charge in [-0.3, -0.25) is 4.90 Å². The largest absolute Gasteiger partial charge is 0.468 e. The molecule has 0 bridgehead atoms. The van der Waals surface area contributed by atoms with E-state index in [0.717, 1.165) is 36.7 Å². The second kappa shape index (κ2) is 5.06. The van der Waals surface area contributed by atoms with Crippen LogP contribution in [0.4, 0.5) is 0 Å². The van der Waals surface area contributed by atoms with Crippen molar-refractivity contribution >= 4 is 0 Å². The molecule has 1 aromatic rings. The Morgan fingerprint density at radius 1 is 1.28 bits per heavy atom. The molecule has 18 heavy (non-hydrogen) atoms. The lowest BCUT2D eigenvalue weighted by molar-refractivity contribution is 0.285. The summed E-state index contributed by atoms with van der Waals surface area (Å²) in [5.74, 6) is 2.75. The number of nitrogens with zero attached hydrogens (tertiary/aromatic N) is 1. The van der Waals surface area contributed by atoms with Crippen LogP contribution >= 0.6 is 0 Å². The first-order valence-electron chi connectivity index (χ1n) is 7.22. The second-order valence-corrected chi connectivity index (χ2v) is 6.23. The molecule has 3 rings (SSSR count). The summed E-state index contributed by atoms with van der Waals surface area (Å²) in [5, 5.41) is 3.52. The van der Waals surface area contributed by atoms with Crippen LogP contribution in [0.5, 0.6) is 0 Å². The van der Waals surface area contributed by atoms with Gasteiger partial charge in [0.15, 0.2) is 0 Å². The zero-order valence-corrected chi connectivity index (χ0v) is 11.5. The average molecular weight is 248 g/mol. The van der Waals surface area contributed by atoms with Gasteiger partial charge in [0.1, 0.15) is 5.76 Å². The van der Waals surface area contributed by atoms with Crippen LogP contribution in [0.2, 0.25) is 0 Å². The molecule has 0 radical (unpaired) electrons. The second-order valence-electron chi connectivity index (χ2n) is 6.23. The van der Waals surface area contributed by atoms with Crippen molar-refractivity contribution in [2.45, 2.75) is 45.8 Å². The van der Waals surface area contributed by atoms with Crippen molar-refractivity contribution in [1.29, 1.82) is 0 Å². The lowest BCUT2D eigenvalue weighted by Gasteiger charge is -2.12. The summed E-state index contributed by atoms with van der Waals surface area (Å²) in [7, 11) is 0. The lowest BCUT2D eigenvalue weighted by Crippen LogP contribution is -2.19. The molecule has 0 spiro atoms. The maximum absolute atomic E-state index is 5.67. The predicted molar refractivity (Wildman–Crippen MR) is 72.2 cm³/mol. The number of hydrogen-bond donors (Lipinski definition) is 1. The molecule has 2 atom stereocenters. The molecule has 3 nitrogen and oxygen atoms in total. The molecule has 2 aliphatic rings. The zero-order chi connectivity index (χ0) is 12.5. The van der Waals surface area contributed by atoms with E-state index in [1.807, 2.05) is 6.26 Å². The van der Waals surface area contributed by atoms with Crippen LogP contribution in [-0.4, -0.2) is 24.0 Å². The molecule has 2 heterocycles. The lowest BCUT2D eigenvalue weighted by atomic mass is 10.0. The van der Waals surface area contributed by atoms with E-state index in [4.69, 9.17) is 4.42 Å². The first kappa shape index (κ1) is 12.2. The minimum Gasteiger partial charge on any atom is -0.468 e. The Morgan fingerprint density at radius 2 is 2.00 bits per heavy atom. The van der Waals surface area contributed by atoms with E-state index in [9.17, 15) is 0 Å². The highest BCUT2D eigenvalue weighted by Gasteiger charge is 2.26. The van der Waals surface area contributed by atoms with Crippen molar-refractivity contribution in [2.75, 3.05) is 13.1 Å². The fraction of sp³-hybridized carbons (Fsp3) is 0.733. The van der Waals surface area contributed by atoms with Crippen LogP contribution in [0.15, 0.2) is 16.7 Å². The number of hydrogen-bond acceptors (Lipinski definition) is 3. The third kappa shape index (κ3) is 2.96. The van der Waals surface area contributed by atoms with Gasteiger partial charge < -0.3 is 9.73 Å². The third-order valence-electron chi connectivity index (χ3n) is 4.32. The van der Waals surface area contributed by atoms with Crippen LogP contribution in [0.25, 0.3) is 0 Å². The molecular weight excluding hydrogens is 224 g/mol. The number of nitrogens with one attached hydrogen (secondary N) is 1. The van der Waals surface area contributed by atoms with Crippen LogP contribution in [0.1, 0.15) is 38.0 Å². The van der Waals surface area contributed by atoms with Gasteiger partial charge in [-0.2, -0.15) is 0 Å². The summed E-state index contributed by atoms with van der Waals surface area (Å²) in [6.45, 7) is 9.03. The van der Waals surface area contributed by atoms with E-state index in [-0.39, 0.29) is 0 Å². The van der Waals surface area contributed by atoms with Crippen LogP contribution < -0.4 is 5.32 Å². The summed E-state index contributed by atoms with van der Waals surface area (Å²) >= 11 is 0. The molecule has 1 aromatic heterocycles. The molecule has 2 unspecified atom stereocenters. The molecule has 3 heteroatoms. The summed E-state index contributed by atoms with van der Waals surface area (Å²) in [5.41, 5.74) is 1.29. The van der Waals surface area contributed by atoms with E-state index in [1.54, 1.807) is 0 Å². The van der Waals surface area contributed by atoms with Crippen LogP contribution in [-0.2, 0) is 13.1 Å². The van der Waals surface area contributed by atoms with Crippen molar-refractivity contribution in [3.05, 3.63) is 23.7 Å². The van der Waals surface area contributed by atoms with Gasteiger partial charge in [-0.05, 0) is 30.7 Å². The summed E-state index contributed by atoms with van der Waals surface area (Å²) < 4.78 is 5.67. The van der Waals surface area contributed by atoms with E-state index in [2.05, 4.69) is 30.1 Å². The summed E-state index contributed by atoms with van der Waals surface area (Å²) in [6.07, 6.45) is 4.59. The Bertz CT molecular complexity index is 387. The Kier molecular flexibility index (Phi) is 3.44. The highest BCUT2D eigenvalue weighted by atomic mass is 16.3. The van der Waals surface area contributed by atoms with Gasteiger partial charge in [0.05, 0.1) is 12.8 Å². The molecule has 2 fully saturated rings. The molecule has 0 aromatic carbocycles. The fourth-order valence-corrected chi connectivity index (χ4v) is 2.75.